The first-order valence-corrected chi connectivity index (χ1v) is 12.3. The van der Waals surface area contributed by atoms with E-state index in [1.165, 1.54) is 19.3 Å². The van der Waals surface area contributed by atoms with Gasteiger partial charge in [0.1, 0.15) is 5.75 Å². The lowest BCUT2D eigenvalue weighted by Gasteiger charge is -2.58. The average Bonchev–Trinajstić information content (AvgIpc) is 3.63. The summed E-state index contributed by atoms with van der Waals surface area (Å²) in [6.45, 7) is 0.801. The molecule has 0 radical (unpaired) electrons. The van der Waals surface area contributed by atoms with E-state index in [-0.39, 0.29) is 30.0 Å². The summed E-state index contributed by atoms with van der Waals surface area (Å²) in [5, 5.41) is 8.81. The molecule has 4 nitrogen and oxygen atoms in total. The van der Waals surface area contributed by atoms with Gasteiger partial charge < -0.3 is 9.84 Å². The number of rotatable bonds is 7. The Kier molecular flexibility index (Phi) is 7.78. The summed E-state index contributed by atoms with van der Waals surface area (Å²) in [7, 11) is 0. The summed E-state index contributed by atoms with van der Waals surface area (Å²) < 4.78 is 84.9. The Morgan fingerprint density at radius 3 is 2.22 bits per heavy atom. The fourth-order valence-corrected chi connectivity index (χ4v) is 4.90. The molecule has 0 amide bonds. The van der Waals surface area contributed by atoms with Crippen LogP contribution in [0.3, 0.4) is 0 Å². The van der Waals surface area contributed by atoms with Gasteiger partial charge in [0.05, 0.1) is 17.2 Å². The Morgan fingerprint density at radius 2 is 1.65 bits per heavy atom. The van der Waals surface area contributed by atoms with Crippen molar-refractivity contribution in [3.05, 3.63) is 64.7 Å². The highest BCUT2D eigenvalue weighted by Crippen LogP contribution is 2.50. The number of aryl methyl sites for hydroxylation is 1. The van der Waals surface area contributed by atoms with E-state index in [1.54, 1.807) is 23.1 Å². The maximum Gasteiger partial charge on any atom is 0.416 e. The van der Waals surface area contributed by atoms with E-state index in [4.69, 9.17) is 9.84 Å². The summed E-state index contributed by atoms with van der Waals surface area (Å²) in [6, 6.07) is 8.77. The zero-order valence-electron chi connectivity index (χ0n) is 20.2. The standard InChI is InChI=1S/C24H23F6NO3.C3H6/c25-23(26,27)17-5-6-20(24(28,29)30)16(9-17)12-31-13-22(14-31)10-19(11-22)34-18-3-1-2-15(8-18)4-7-21(32)33;1-2-3-1/h1-3,5-6,8-9,19H,4,7,10-14H2,(H,32,33);1-3H2. The fourth-order valence-electron chi connectivity index (χ4n) is 4.90. The molecule has 202 valence electrons. The van der Waals surface area contributed by atoms with Crippen LogP contribution < -0.4 is 4.74 Å². The van der Waals surface area contributed by atoms with Crippen molar-refractivity contribution in [2.24, 2.45) is 5.41 Å². The quantitative estimate of drug-likeness (QED) is 0.394. The molecule has 5 rings (SSSR count). The molecule has 10 heteroatoms. The number of hydrogen-bond donors (Lipinski definition) is 1. The van der Waals surface area contributed by atoms with Gasteiger partial charge in [-0.05, 0) is 60.7 Å². The van der Waals surface area contributed by atoms with Crippen molar-refractivity contribution in [1.29, 1.82) is 0 Å². The van der Waals surface area contributed by atoms with Crippen LogP contribution in [0.2, 0.25) is 0 Å². The van der Waals surface area contributed by atoms with E-state index in [2.05, 4.69) is 0 Å². The number of nitrogens with zero attached hydrogens (tertiary/aromatic N) is 1. The number of benzene rings is 2. The van der Waals surface area contributed by atoms with Crippen molar-refractivity contribution < 1.29 is 41.0 Å². The molecule has 37 heavy (non-hydrogen) atoms. The highest BCUT2D eigenvalue weighted by molar-refractivity contribution is 5.67. The van der Waals surface area contributed by atoms with Gasteiger partial charge in [-0.3, -0.25) is 9.69 Å². The first-order valence-electron chi connectivity index (χ1n) is 12.3. The lowest BCUT2D eigenvalue weighted by atomic mass is 9.61. The molecule has 2 saturated carbocycles. The highest BCUT2D eigenvalue weighted by Gasteiger charge is 2.53. The molecule has 0 atom stereocenters. The molecule has 2 aliphatic carbocycles. The zero-order chi connectivity index (χ0) is 26.8. The Morgan fingerprint density at radius 1 is 0.973 bits per heavy atom. The topological polar surface area (TPSA) is 49.8 Å². The third-order valence-corrected chi connectivity index (χ3v) is 6.75. The van der Waals surface area contributed by atoms with Gasteiger partial charge in [0.25, 0.3) is 0 Å². The van der Waals surface area contributed by atoms with Gasteiger partial charge in [0, 0.05) is 31.5 Å². The number of aliphatic carboxylic acids is 1. The second-order valence-corrected chi connectivity index (χ2v) is 10.3. The van der Waals surface area contributed by atoms with Crippen LogP contribution in [0.15, 0.2) is 42.5 Å². The molecule has 0 unspecified atom stereocenters. The number of alkyl halides is 6. The third-order valence-electron chi connectivity index (χ3n) is 6.75. The third kappa shape index (κ3) is 7.40. The minimum atomic E-state index is -4.73. The van der Waals surface area contributed by atoms with Crippen molar-refractivity contribution in [2.75, 3.05) is 13.1 Å². The van der Waals surface area contributed by atoms with Crippen LogP contribution in [0.25, 0.3) is 0 Å². The number of carboxylic acid groups (broad SMARTS) is 1. The van der Waals surface area contributed by atoms with E-state index in [1.807, 2.05) is 6.07 Å². The predicted molar refractivity (Wildman–Crippen MR) is 124 cm³/mol. The number of halogens is 6. The first-order chi connectivity index (χ1) is 17.3. The van der Waals surface area contributed by atoms with E-state index in [0.29, 0.717) is 56.3 Å². The van der Waals surface area contributed by atoms with E-state index < -0.39 is 29.4 Å². The Balaban J connectivity index is 0.000000994. The summed E-state index contributed by atoms with van der Waals surface area (Å²) in [4.78, 5) is 12.5. The van der Waals surface area contributed by atoms with E-state index in [0.717, 1.165) is 5.56 Å². The zero-order valence-corrected chi connectivity index (χ0v) is 20.2. The Hall–Kier alpha value is -2.75. The van der Waals surface area contributed by atoms with Gasteiger partial charge in [-0.25, -0.2) is 0 Å². The van der Waals surface area contributed by atoms with Crippen molar-refractivity contribution in [3.63, 3.8) is 0 Å². The van der Waals surface area contributed by atoms with Crippen LogP contribution in [0.1, 0.15) is 60.8 Å². The first kappa shape index (κ1) is 27.3. The van der Waals surface area contributed by atoms with Gasteiger partial charge in [0.15, 0.2) is 0 Å². The minimum absolute atomic E-state index is 0.0216. The van der Waals surface area contributed by atoms with Crippen LogP contribution in [0.5, 0.6) is 5.75 Å². The molecular weight excluding hydrogens is 500 g/mol. The molecule has 0 bridgehead atoms. The minimum Gasteiger partial charge on any atom is -0.490 e. The van der Waals surface area contributed by atoms with Crippen molar-refractivity contribution in [1.82, 2.24) is 4.90 Å². The smallest absolute Gasteiger partial charge is 0.416 e. The molecule has 1 aliphatic heterocycles. The number of hydrogen-bond acceptors (Lipinski definition) is 3. The molecule has 3 fully saturated rings. The van der Waals surface area contributed by atoms with Crippen LogP contribution >= 0.6 is 0 Å². The van der Waals surface area contributed by atoms with Gasteiger partial charge in [-0.2, -0.15) is 26.3 Å². The van der Waals surface area contributed by atoms with Gasteiger partial charge in [-0.1, -0.05) is 31.4 Å². The van der Waals surface area contributed by atoms with Crippen LogP contribution in [0.4, 0.5) is 26.3 Å². The summed E-state index contributed by atoms with van der Waals surface area (Å²) >= 11 is 0. The lowest BCUT2D eigenvalue weighted by Crippen LogP contribution is -2.64. The van der Waals surface area contributed by atoms with Gasteiger partial charge in [0.2, 0.25) is 0 Å². The van der Waals surface area contributed by atoms with Crippen LogP contribution in [0, 0.1) is 5.41 Å². The number of likely N-dealkylation sites (tertiary alicyclic amines) is 1. The molecular formula is C27H29F6NO3. The fraction of sp³-hybridized carbons (Fsp3) is 0.519. The molecule has 1 saturated heterocycles. The molecule has 2 aromatic carbocycles. The summed E-state index contributed by atoms with van der Waals surface area (Å²) in [6.07, 6.45) is -3.17. The molecule has 3 aliphatic rings. The van der Waals surface area contributed by atoms with Crippen molar-refractivity contribution in [2.45, 2.75) is 69.9 Å². The van der Waals surface area contributed by atoms with Crippen LogP contribution in [-0.4, -0.2) is 35.2 Å². The van der Waals surface area contributed by atoms with Gasteiger partial charge in [-0.15, -0.1) is 0 Å². The van der Waals surface area contributed by atoms with Gasteiger partial charge >= 0.3 is 18.3 Å². The maximum atomic E-state index is 13.3. The largest absolute Gasteiger partial charge is 0.490 e. The monoisotopic (exact) mass is 529 g/mol. The molecule has 2 aromatic rings. The Labute approximate surface area is 211 Å². The number of ether oxygens (including phenoxy) is 1. The predicted octanol–water partition coefficient (Wildman–Crippen LogP) is 6.96. The van der Waals surface area contributed by atoms with E-state index >= 15 is 0 Å². The molecule has 1 spiro atoms. The van der Waals surface area contributed by atoms with Crippen molar-refractivity contribution >= 4 is 5.97 Å². The number of carboxylic acids is 1. The van der Waals surface area contributed by atoms with Crippen LogP contribution in [-0.2, 0) is 30.1 Å². The SMILES string of the molecule is C1CC1.O=C(O)CCc1cccc(OC2CC3(C2)CN(Cc2cc(C(F)(F)F)ccc2C(F)(F)F)C3)c1. The second-order valence-electron chi connectivity index (χ2n) is 10.3. The Bertz CT molecular complexity index is 1100. The number of carbonyl (C=O) groups is 1. The molecule has 1 heterocycles. The average molecular weight is 530 g/mol. The normalized spacial score (nSPS) is 18.9. The van der Waals surface area contributed by atoms with E-state index in [9.17, 15) is 31.1 Å². The summed E-state index contributed by atoms with van der Waals surface area (Å²) in [5.41, 5.74) is -1.74. The van der Waals surface area contributed by atoms with Crippen molar-refractivity contribution in [3.8, 4) is 5.75 Å². The maximum absolute atomic E-state index is 13.3. The summed E-state index contributed by atoms with van der Waals surface area (Å²) in [5.74, 6) is -0.244. The highest BCUT2D eigenvalue weighted by atomic mass is 19.4. The molecule has 0 aromatic heterocycles. The molecule has 1 N–H and O–H groups in total. The lowest BCUT2D eigenvalue weighted by molar-refractivity contribution is -0.143. The second kappa shape index (κ2) is 10.6.